The number of nitrogens with one attached hydrogen (secondary N) is 1. The molecular weight excluding hydrogens is 300 g/mol. The number of aromatic nitrogens is 1. The summed E-state index contributed by atoms with van der Waals surface area (Å²) in [5.41, 5.74) is 2.73. The summed E-state index contributed by atoms with van der Waals surface area (Å²) in [7, 11) is 0. The van der Waals surface area contributed by atoms with Crippen molar-refractivity contribution in [3.05, 3.63) is 72.1 Å². The smallest absolute Gasteiger partial charge is 0.230 e. The van der Waals surface area contributed by atoms with E-state index in [2.05, 4.69) is 22.4 Å². The molecule has 4 nitrogen and oxygen atoms in total. The normalized spacial score (nSPS) is 11.0. The third-order valence-corrected chi connectivity index (χ3v) is 4.07. The van der Waals surface area contributed by atoms with E-state index in [1.807, 2.05) is 37.3 Å². The van der Waals surface area contributed by atoms with Crippen molar-refractivity contribution < 1.29 is 9.21 Å². The number of nitrogens with zero attached hydrogens (tertiary/aromatic N) is 1. The summed E-state index contributed by atoms with van der Waals surface area (Å²) in [6, 6.07) is 15.8. The molecule has 0 aliphatic rings. The van der Waals surface area contributed by atoms with Crippen LogP contribution < -0.4 is 5.32 Å². The third kappa shape index (κ3) is 2.63. The van der Waals surface area contributed by atoms with Gasteiger partial charge in [-0.15, -0.1) is 0 Å². The molecule has 0 spiro atoms. The molecule has 2 aromatic carbocycles. The van der Waals surface area contributed by atoms with Gasteiger partial charge < -0.3 is 9.73 Å². The van der Waals surface area contributed by atoms with Gasteiger partial charge in [-0.1, -0.05) is 36.4 Å². The van der Waals surface area contributed by atoms with E-state index >= 15 is 0 Å². The zero-order valence-electron chi connectivity index (χ0n) is 13.2. The van der Waals surface area contributed by atoms with Crippen LogP contribution in [0.2, 0.25) is 0 Å². The van der Waals surface area contributed by atoms with Crippen LogP contribution in [0.1, 0.15) is 11.1 Å². The molecule has 0 bridgehead atoms. The first-order valence-corrected chi connectivity index (χ1v) is 7.81. The summed E-state index contributed by atoms with van der Waals surface area (Å²) >= 11 is 0. The van der Waals surface area contributed by atoms with E-state index in [9.17, 15) is 4.79 Å². The predicted molar refractivity (Wildman–Crippen MR) is 95.0 cm³/mol. The van der Waals surface area contributed by atoms with Crippen LogP contribution in [0, 0.1) is 6.92 Å². The number of aryl methyl sites for hydroxylation is 1. The minimum absolute atomic E-state index is 0.109. The van der Waals surface area contributed by atoms with E-state index in [-0.39, 0.29) is 12.3 Å². The van der Waals surface area contributed by atoms with Crippen molar-refractivity contribution in [2.24, 2.45) is 0 Å². The average molecular weight is 316 g/mol. The fourth-order valence-electron chi connectivity index (χ4n) is 2.91. The van der Waals surface area contributed by atoms with Crippen molar-refractivity contribution in [1.82, 2.24) is 4.98 Å². The van der Waals surface area contributed by atoms with Crippen LogP contribution in [-0.4, -0.2) is 10.9 Å². The Morgan fingerprint density at radius 3 is 2.83 bits per heavy atom. The van der Waals surface area contributed by atoms with E-state index in [0.717, 1.165) is 32.9 Å². The molecule has 2 heterocycles. The number of fused-ring (bicyclic) bond motifs is 3. The lowest BCUT2D eigenvalue weighted by atomic mass is 10.0. The first kappa shape index (κ1) is 14.5. The number of hydrogen-bond donors (Lipinski definition) is 1. The molecule has 1 N–H and O–H groups in total. The van der Waals surface area contributed by atoms with Gasteiger partial charge in [0, 0.05) is 17.1 Å². The Labute approximate surface area is 139 Å². The zero-order chi connectivity index (χ0) is 16.5. The quantitative estimate of drug-likeness (QED) is 0.606. The topological polar surface area (TPSA) is 55.1 Å². The van der Waals surface area contributed by atoms with Gasteiger partial charge in [0.1, 0.15) is 11.4 Å². The van der Waals surface area contributed by atoms with Crippen LogP contribution in [0.15, 0.2) is 65.4 Å². The lowest BCUT2D eigenvalue weighted by Gasteiger charge is -2.05. The van der Waals surface area contributed by atoms with Crippen molar-refractivity contribution in [3.63, 3.8) is 0 Å². The highest BCUT2D eigenvalue weighted by molar-refractivity contribution is 6.08. The summed E-state index contributed by atoms with van der Waals surface area (Å²) in [5, 5.41) is 6.06. The monoisotopic (exact) mass is 316 g/mol. The number of furan rings is 1. The number of benzene rings is 2. The van der Waals surface area contributed by atoms with Crippen LogP contribution in [0.5, 0.6) is 0 Å². The van der Waals surface area contributed by atoms with Gasteiger partial charge in [-0.2, -0.15) is 0 Å². The molecule has 118 valence electrons. The fraction of sp³-hybridized carbons (Fsp3) is 0.100. The Morgan fingerprint density at radius 2 is 2.00 bits per heavy atom. The number of hydrogen-bond acceptors (Lipinski definition) is 3. The number of pyridine rings is 1. The summed E-state index contributed by atoms with van der Waals surface area (Å²) in [4.78, 5) is 16.6. The molecule has 4 aromatic rings. The van der Waals surface area contributed by atoms with Gasteiger partial charge in [-0.3, -0.25) is 4.79 Å². The number of carbonyl (C=O) groups is 1. The highest BCUT2D eigenvalue weighted by atomic mass is 16.3. The Hall–Kier alpha value is -3.14. The molecule has 0 saturated carbocycles. The molecule has 4 heteroatoms. The van der Waals surface area contributed by atoms with E-state index < -0.39 is 0 Å². The van der Waals surface area contributed by atoms with Gasteiger partial charge in [0.15, 0.2) is 0 Å². The van der Waals surface area contributed by atoms with Gasteiger partial charge in [0.2, 0.25) is 5.91 Å². The van der Waals surface area contributed by atoms with Gasteiger partial charge in [-0.25, -0.2) is 4.98 Å². The molecule has 24 heavy (non-hydrogen) atoms. The molecular formula is C20H16N2O2. The summed E-state index contributed by atoms with van der Waals surface area (Å²) < 4.78 is 5.63. The van der Waals surface area contributed by atoms with E-state index in [1.165, 1.54) is 0 Å². The maximum atomic E-state index is 12.4. The Morgan fingerprint density at radius 1 is 1.12 bits per heavy atom. The summed E-state index contributed by atoms with van der Waals surface area (Å²) in [6.07, 6.45) is 3.65. The SMILES string of the molecule is Cc1ccc(NC(=O)Cc2coc3ccc4ccccc4c23)nc1. The van der Waals surface area contributed by atoms with Gasteiger partial charge >= 0.3 is 0 Å². The lowest BCUT2D eigenvalue weighted by molar-refractivity contribution is -0.115. The summed E-state index contributed by atoms with van der Waals surface area (Å²) in [5.74, 6) is 0.449. The number of anilines is 1. The van der Waals surface area contributed by atoms with Crippen molar-refractivity contribution >= 4 is 33.5 Å². The lowest BCUT2D eigenvalue weighted by Crippen LogP contribution is -2.15. The zero-order valence-corrected chi connectivity index (χ0v) is 13.2. The van der Waals surface area contributed by atoms with Crippen molar-refractivity contribution in [2.75, 3.05) is 5.32 Å². The largest absolute Gasteiger partial charge is 0.464 e. The fourth-order valence-corrected chi connectivity index (χ4v) is 2.91. The second-order valence-corrected chi connectivity index (χ2v) is 5.87. The second kappa shape index (κ2) is 5.81. The molecule has 0 unspecified atom stereocenters. The van der Waals surface area contributed by atoms with Crippen LogP contribution >= 0.6 is 0 Å². The van der Waals surface area contributed by atoms with Crippen LogP contribution in [0.4, 0.5) is 5.82 Å². The van der Waals surface area contributed by atoms with E-state index in [0.29, 0.717) is 5.82 Å². The molecule has 0 saturated heterocycles. The maximum Gasteiger partial charge on any atom is 0.230 e. The molecule has 2 aromatic heterocycles. The minimum Gasteiger partial charge on any atom is -0.464 e. The molecule has 0 fully saturated rings. The van der Waals surface area contributed by atoms with Gasteiger partial charge in [0.05, 0.1) is 12.7 Å². The molecule has 4 rings (SSSR count). The van der Waals surface area contributed by atoms with Crippen LogP contribution in [0.25, 0.3) is 21.7 Å². The van der Waals surface area contributed by atoms with Crippen LogP contribution in [0.3, 0.4) is 0 Å². The molecule has 0 atom stereocenters. The van der Waals surface area contributed by atoms with Crippen molar-refractivity contribution in [3.8, 4) is 0 Å². The first-order chi connectivity index (χ1) is 11.7. The molecule has 0 aliphatic carbocycles. The molecule has 1 amide bonds. The minimum atomic E-state index is -0.109. The predicted octanol–water partition coefficient (Wildman–Crippen LogP) is 4.47. The standard InChI is InChI=1S/C20H16N2O2/c1-13-6-9-18(21-11-13)22-19(23)10-15-12-24-17-8-7-14-4-2-3-5-16(14)20(15)17/h2-9,11-12H,10H2,1H3,(H,21,22,23). The highest BCUT2D eigenvalue weighted by Crippen LogP contribution is 2.30. The third-order valence-electron chi connectivity index (χ3n) is 4.07. The van der Waals surface area contributed by atoms with E-state index in [4.69, 9.17) is 4.42 Å². The van der Waals surface area contributed by atoms with Gasteiger partial charge in [-0.05, 0) is 35.4 Å². The van der Waals surface area contributed by atoms with Crippen molar-refractivity contribution in [2.45, 2.75) is 13.3 Å². The summed E-state index contributed by atoms with van der Waals surface area (Å²) in [6.45, 7) is 1.96. The average Bonchev–Trinajstić information content (AvgIpc) is 3.00. The molecule has 0 aliphatic heterocycles. The first-order valence-electron chi connectivity index (χ1n) is 7.81. The number of carbonyl (C=O) groups excluding carboxylic acids is 1. The number of amides is 1. The highest BCUT2D eigenvalue weighted by Gasteiger charge is 2.13. The Kier molecular flexibility index (Phi) is 3.50. The van der Waals surface area contributed by atoms with E-state index in [1.54, 1.807) is 18.5 Å². The molecule has 0 radical (unpaired) electrons. The Bertz CT molecular complexity index is 1030. The maximum absolute atomic E-state index is 12.4. The second-order valence-electron chi connectivity index (χ2n) is 5.87. The Balaban J connectivity index is 1.65. The van der Waals surface area contributed by atoms with Gasteiger partial charge in [0.25, 0.3) is 0 Å². The number of rotatable bonds is 3. The van der Waals surface area contributed by atoms with Crippen LogP contribution in [-0.2, 0) is 11.2 Å². The van der Waals surface area contributed by atoms with Crippen molar-refractivity contribution in [1.29, 1.82) is 0 Å².